The van der Waals surface area contributed by atoms with Gasteiger partial charge in [0, 0.05) is 18.1 Å². The van der Waals surface area contributed by atoms with Crippen LogP contribution in [0.15, 0.2) is 12.4 Å². The summed E-state index contributed by atoms with van der Waals surface area (Å²) in [6.45, 7) is 5.99. The van der Waals surface area contributed by atoms with Crippen LogP contribution in [-0.2, 0) is 0 Å². The van der Waals surface area contributed by atoms with Crippen LogP contribution in [0.1, 0.15) is 17.1 Å². The van der Waals surface area contributed by atoms with E-state index in [9.17, 15) is 0 Å². The van der Waals surface area contributed by atoms with Crippen molar-refractivity contribution in [3.63, 3.8) is 0 Å². The molecule has 2 heterocycles. The largest absolute Gasteiger partial charge is 0.301 e. The molecule has 0 fully saturated rings. The lowest BCUT2D eigenvalue weighted by Crippen LogP contribution is -1.94. The molecule has 0 spiro atoms. The van der Waals surface area contributed by atoms with Crippen LogP contribution >= 0.6 is 0 Å². The summed E-state index contributed by atoms with van der Waals surface area (Å²) in [5.41, 5.74) is 4.10. The van der Waals surface area contributed by atoms with Crippen LogP contribution in [0.4, 0.5) is 0 Å². The molecule has 12 heavy (non-hydrogen) atoms. The third kappa shape index (κ3) is 0.897. The van der Waals surface area contributed by atoms with Crippen LogP contribution in [0.25, 0.3) is 5.65 Å². The van der Waals surface area contributed by atoms with Crippen molar-refractivity contribution in [3.05, 3.63) is 29.5 Å². The lowest BCUT2D eigenvalue weighted by Gasteiger charge is -1.99. The Kier molecular flexibility index (Phi) is 1.40. The third-order valence-corrected chi connectivity index (χ3v) is 1.98. The van der Waals surface area contributed by atoms with Crippen molar-refractivity contribution in [2.45, 2.75) is 20.8 Å². The molecule has 0 saturated carbocycles. The van der Waals surface area contributed by atoms with Gasteiger partial charge in [0.2, 0.25) is 0 Å². The van der Waals surface area contributed by atoms with E-state index in [0.717, 1.165) is 22.7 Å². The quantitative estimate of drug-likeness (QED) is 0.588. The lowest BCUT2D eigenvalue weighted by molar-refractivity contribution is 1.02. The summed E-state index contributed by atoms with van der Waals surface area (Å²) < 4.78 is 2.07. The first kappa shape index (κ1) is 7.28. The molecule has 2 aromatic heterocycles. The fourth-order valence-electron chi connectivity index (χ4n) is 1.33. The second kappa shape index (κ2) is 2.30. The SMILES string of the molecule is Cc1cn2c(C)cnc(C)c2n1. The van der Waals surface area contributed by atoms with Gasteiger partial charge < -0.3 is 4.40 Å². The molecule has 0 unspecified atom stereocenters. The van der Waals surface area contributed by atoms with Gasteiger partial charge in [-0.3, -0.25) is 4.98 Å². The Bertz CT molecular complexity index is 390. The number of aryl methyl sites for hydroxylation is 3. The highest BCUT2D eigenvalue weighted by Crippen LogP contribution is 2.09. The second-order valence-corrected chi connectivity index (χ2v) is 3.06. The van der Waals surface area contributed by atoms with E-state index in [1.807, 2.05) is 33.2 Å². The Morgan fingerprint density at radius 1 is 1.25 bits per heavy atom. The number of aromatic nitrogens is 3. The predicted octanol–water partition coefficient (Wildman–Crippen LogP) is 1.65. The zero-order valence-corrected chi connectivity index (χ0v) is 7.50. The molecule has 0 atom stereocenters. The standard InChI is InChI=1S/C9H11N3/c1-6-5-12-7(2)4-10-8(3)9(12)11-6/h4-5H,1-3H3. The maximum absolute atomic E-state index is 4.37. The van der Waals surface area contributed by atoms with Gasteiger partial charge in [0.1, 0.15) is 0 Å². The lowest BCUT2D eigenvalue weighted by atomic mass is 10.4. The van der Waals surface area contributed by atoms with Gasteiger partial charge >= 0.3 is 0 Å². The molecule has 0 radical (unpaired) electrons. The van der Waals surface area contributed by atoms with Gasteiger partial charge in [0.15, 0.2) is 5.65 Å². The second-order valence-electron chi connectivity index (χ2n) is 3.06. The number of rotatable bonds is 0. The summed E-state index contributed by atoms with van der Waals surface area (Å²) in [5, 5.41) is 0. The predicted molar refractivity (Wildman–Crippen MR) is 47.2 cm³/mol. The normalized spacial score (nSPS) is 10.9. The fraction of sp³-hybridized carbons (Fsp3) is 0.333. The van der Waals surface area contributed by atoms with E-state index < -0.39 is 0 Å². The van der Waals surface area contributed by atoms with E-state index in [0.29, 0.717) is 0 Å². The average molecular weight is 161 g/mol. The monoisotopic (exact) mass is 161 g/mol. The highest BCUT2D eigenvalue weighted by molar-refractivity contribution is 5.45. The summed E-state index contributed by atoms with van der Waals surface area (Å²) in [4.78, 5) is 8.61. The van der Waals surface area contributed by atoms with Crippen molar-refractivity contribution in [1.29, 1.82) is 0 Å². The van der Waals surface area contributed by atoms with Crippen LogP contribution in [-0.4, -0.2) is 14.4 Å². The minimum absolute atomic E-state index is 0.965. The summed E-state index contributed by atoms with van der Waals surface area (Å²) in [6, 6.07) is 0. The first-order valence-corrected chi connectivity index (χ1v) is 3.96. The van der Waals surface area contributed by atoms with Crippen LogP contribution in [0.3, 0.4) is 0 Å². The van der Waals surface area contributed by atoms with Crippen LogP contribution in [0, 0.1) is 20.8 Å². The summed E-state index contributed by atoms with van der Waals surface area (Å²) in [5.74, 6) is 0. The van der Waals surface area contributed by atoms with Gasteiger partial charge in [0.05, 0.1) is 11.4 Å². The number of fused-ring (bicyclic) bond motifs is 1. The number of hydrogen-bond donors (Lipinski definition) is 0. The molecule has 0 aliphatic carbocycles. The van der Waals surface area contributed by atoms with Crippen LogP contribution < -0.4 is 0 Å². The Hall–Kier alpha value is -1.38. The summed E-state index contributed by atoms with van der Waals surface area (Å²) in [6.07, 6.45) is 3.89. The molecule has 0 aliphatic heterocycles. The maximum Gasteiger partial charge on any atom is 0.158 e. The number of hydrogen-bond acceptors (Lipinski definition) is 2. The van der Waals surface area contributed by atoms with E-state index >= 15 is 0 Å². The number of nitrogens with zero attached hydrogens (tertiary/aromatic N) is 3. The minimum atomic E-state index is 0.965. The minimum Gasteiger partial charge on any atom is -0.301 e. The molecule has 3 heteroatoms. The van der Waals surface area contributed by atoms with Gasteiger partial charge in [0.25, 0.3) is 0 Å². The third-order valence-electron chi connectivity index (χ3n) is 1.98. The highest BCUT2D eigenvalue weighted by Gasteiger charge is 2.02. The molecule has 0 amide bonds. The molecule has 0 saturated heterocycles. The summed E-state index contributed by atoms with van der Waals surface area (Å²) in [7, 11) is 0. The smallest absolute Gasteiger partial charge is 0.158 e. The molecule has 62 valence electrons. The fourth-order valence-corrected chi connectivity index (χ4v) is 1.33. The van der Waals surface area contributed by atoms with Crippen molar-refractivity contribution in [2.75, 3.05) is 0 Å². The maximum atomic E-state index is 4.37. The molecule has 0 bridgehead atoms. The average Bonchev–Trinajstić information content (AvgIpc) is 2.41. The van der Waals surface area contributed by atoms with Crippen molar-refractivity contribution in [1.82, 2.24) is 14.4 Å². The zero-order valence-electron chi connectivity index (χ0n) is 7.50. The Morgan fingerprint density at radius 3 is 2.67 bits per heavy atom. The van der Waals surface area contributed by atoms with E-state index in [-0.39, 0.29) is 0 Å². The van der Waals surface area contributed by atoms with Crippen molar-refractivity contribution in [2.24, 2.45) is 0 Å². The molecule has 2 rings (SSSR count). The van der Waals surface area contributed by atoms with Gasteiger partial charge in [-0.2, -0.15) is 0 Å². The highest BCUT2D eigenvalue weighted by atomic mass is 15.0. The van der Waals surface area contributed by atoms with Gasteiger partial charge in [-0.1, -0.05) is 0 Å². The van der Waals surface area contributed by atoms with Crippen LogP contribution in [0.2, 0.25) is 0 Å². The van der Waals surface area contributed by atoms with Gasteiger partial charge in [-0.15, -0.1) is 0 Å². The van der Waals surface area contributed by atoms with Crippen LogP contribution in [0.5, 0.6) is 0 Å². The zero-order chi connectivity index (χ0) is 8.72. The molecular formula is C9H11N3. The molecule has 0 aliphatic rings. The Morgan fingerprint density at radius 2 is 2.00 bits per heavy atom. The first-order chi connectivity index (χ1) is 5.68. The first-order valence-electron chi connectivity index (χ1n) is 3.96. The number of imidazole rings is 1. The van der Waals surface area contributed by atoms with Crippen molar-refractivity contribution < 1.29 is 0 Å². The van der Waals surface area contributed by atoms with Gasteiger partial charge in [-0.25, -0.2) is 4.98 Å². The van der Waals surface area contributed by atoms with E-state index in [1.165, 1.54) is 0 Å². The Labute approximate surface area is 71.1 Å². The molecule has 0 aromatic carbocycles. The molecular weight excluding hydrogens is 150 g/mol. The molecule has 2 aromatic rings. The molecule has 0 N–H and O–H groups in total. The van der Waals surface area contributed by atoms with E-state index in [2.05, 4.69) is 14.4 Å². The molecule has 3 nitrogen and oxygen atoms in total. The van der Waals surface area contributed by atoms with Crippen molar-refractivity contribution in [3.8, 4) is 0 Å². The van der Waals surface area contributed by atoms with E-state index in [4.69, 9.17) is 0 Å². The summed E-state index contributed by atoms with van der Waals surface area (Å²) >= 11 is 0. The van der Waals surface area contributed by atoms with Gasteiger partial charge in [-0.05, 0) is 20.8 Å². The topological polar surface area (TPSA) is 30.2 Å². The van der Waals surface area contributed by atoms with E-state index in [1.54, 1.807) is 0 Å². The Balaban J connectivity index is 2.93. The van der Waals surface area contributed by atoms with Crippen molar-refractivity contribution >= 4 is 5.65 Å².